The number of phenols is 1. The van der Waals surface area contributed by atoms with E-state index in [-0.39, 0.29) is 16.9 Å². The van der Waals surface area contributed by atoms with E-state index in [1.54, 1.807) is 37.3 Å². The third-order valence-corrected chi connectivity index (χ3v) is 10.1. The van der Waals surface area contributed by atoms with Crippen LogP contribution < -0.4 is 11.1 Å². The van der Waals surface area contributed by atoms with Gasteiger partial charge in [0.05, 0.1) is 40.2 Å². The highest BCUT2D eigenvalue weighted by molar-refractivity contribution is 6.32. The number of nitro benzene ring substituents is 1. The molecule has 244 valence electrons. The number of rotatable bonds is 6. The molecular formula is C33H32N4O10. The number of nitrogens with two attached hydrogens (primary N) is 1. The lowest BCUT2D eigenvalue weighted by molar-refractivity contribution is -0.384. The Kier molecular flexibility index (Phi) is 7.49. The van der Waals surface area contributed by atoms with Gasteiger partial charge in [-0.15, -0.1) is 0 Å². The second kappa shape index (κ2) is 11.0. The Hall–Kier alpha value is -5.05. The second-order valence-corrected chi connectivity index (χ2v) is 12.8. The largest absolute Gasteiger partial charge is 0.505 e. The summed E-state index contributed by atoms with van der Waals surface area (Å²) < 4.78 is 0. The van der Waals surface area contributed by atoms with Crippen LogP contribution in [-0.2, 0) is 19.2 Å². The van der Waals surface area contributed by atoms with Crippen molar-refractivity contribution in [1.29, 1.82) is 0 Å². The summed E-state index contributed by atoms with van der Waals surface area (Å²) in [4.78, 5) is 79.3. The Balaban J connectivity index is 1.37. The molecule has 14 nitrogen and oxygen atoms in total. The number of hydrogen-bond donors (Lipinski definition) is 5. The summed E-state index contributed by atoms with van der Waals surface area (Å²) >= 11 is 0. The van der Waals surface area contributed by atoms with Crippen molar-refractivity contribution in [3.63, 3.8) is 0 Å². The zero-order chi connectivity index (χ0) is 34.3. The van der Waals surface area contributed by atoms with Gasteiger partial charge in [0.25, 0.3) is 5.69 Å². The van der Waals surface area contributed by atoms with Crippen LogP contribution in [-0.4, -0.2) is 86.0 Å². The molecule has 2 aromatic carbocycles. The van der Waals surface area contributed by atoms with Crippen molar-refractivity contribution in [2.24, 2.45) is 29.4 Å². The number of aliphatic hydroxyl groups is 2. The molecule has 14 heteroatoms. The molecule has 0 aromatic heterocycles. The molecular weight excluding hydrogens is 612 g/mol. The molecule has 0 aliphatic heterocycles. The zero-order valence-electron chi connectivity index (χ0n) is 25.5. The minimum atomic E-state index is -3.08. The number of phenolic OH excluding ortho intramolecular Hbond substituents is 1. The number of nitrogens with zero attached hydrogens (tertiary/aromatic N) is 2. The number of non-ortho nitro benzene ring substituents is 1. The molecule has 2 unspecified atom stereocenters. The average molecular weight is 645 g/mol. The molecule has 4 aliphatic carbocycles. The van der Waals surface area contributed by atoms with Crippen LogP contribution in [0, 0.1) is 33.8 Å². The summed E-state index contributed by atoms with van der Waals surface area (Å²) in [6.45, 7) is 1.63. The molecule has 0 radical (unpaired) electrons. The lowest BCUT2D eigenvalue weighted by atomic mass is 9.49. The first-order chi connectivity index (χ1) is 22.1. The van der Waals surface area contributed by atoms with Crippen LogP contribution >= 0.6 is 0 Å². The number of nitrogens with one attached hydrogen (secondary N) is 1. The average Bonchev–Trinajstić information content (AvgIpc) is 3.48. The van der Waals surface area contributed by atoms with Crippen molar-refractivity contribution >= 4 is 46.0 Å². The predicted molar refractivity (Wildman–Crippen MR) is 165 cm³/mol. The number of primary amides is 1. The van der Waals surface area contributed by atoms with Gasteiger partial charge >= 0.3 is 0 Å². The maximum Gasteiger partial charge on any atom is 0.270 e. The van der Waals surface area contributed by atoms with Crippen molar-refractivity contribution in [2.45, 2.75) is 37.0 Å². The Morgan fingerprint density at radius 3 is 2.47 bits per heavy atom. The van der Waals surface area contributed by atoms with Crippen molar-refractivity contribution in [1.82, 2.24) is 4.90 Å². The van der Waals surface area contributed by atoms with Gasteiger partial charge in [0.2, 0.25) is 5.91 Å². The molecule has 0 spiro atoms. The van der Waals surface area contributed by atoms with Crippen molar-refractivity contribution in [3.8, 4) is 5.75 Å². The maximum absolute atomic E-state index is 14.2. The fourth-order valence-corrected chi connectivity index (χ4v) is 7.88. The first-order valence-electron chi connectivity index (χ1n) is 14.9. The second-order valence-electron chi connectivity index (χ2n) is 12.8. The number of benzene rings is 2. The van der Waals surface area contributed by atoms with Crippen LogP contribution in [0.4, 0.5) is 11.4 Å². The number of amides is 1. The molecule has 2 saturated carbocycles. The fourth-order valence-electron chi connectivity index (χ4n) is 7.88. The number of fused-ring (bicyclic) bond motifs is 3. The van der Waals surface area contributed by atoms with Gasteiger partial charge in [-0.3, -0.25) is 39.0 Å². The number of hydrogen-bond acceptors (Lipinski definition) is 12. The van der Waals surface area contributed by atoms with Crippen LogP contribution in [0.15, 0.2) is 54.2 Å². The quantitative estimate of drug-likeness (QED) is 0.129. The molecule has 2 aromatic rings. The van der Waals surface area contributed by atoms with E-state index in [2.05, 4.69) is 5.32 Å². The van der Waals surface area contributed by atoms with Gasteiger partial charge in [0, 0.05) is 23.7 Å². The van der Waals surface area contributed by atoms with Gasteiger partial charge in [0.15, 0.2) is 34.7 Å². The number of aliphatic hydroxyl groups excluding tert-OH is 1. The van der Waals surface area contributed by atoms with Gasteiger partial charge in [-0.2, -0.15) is 0 Å². The van der Waals surface area contributed by atoms with Crippen LogP contribution in [0.3, 0.4) is 0 Å². The monoisotopic (exact) mass is 644 g/mol. The highest BCUT2D eigenvalue weighted by atomic mass is 16.6. The molecule has 47 heavy (non-hydrogen) atoms. The first kappa shape index (κ1) is 31.9. The normalized spacial score (nSPS) is 31.5. The molecule has 6 N–H and O–H groups in total. The lowest BCUT2D eigenvalue weighted by Crippen LogP contribution is -2.77. The molecule has 0 bridgehead atoms. The summed E-state index contributed by atoms with van der Waals surface area (Å²) in [6.07, 6.45) is 2.24. The number of allylic oxidation sites excluding steroid dienone is 3. The van der Waals surface area contributed by atoms with Crippen molar-refractivity contribution in [3.05, 3.63) is 81.1 Å². The molecule has 0 saturated heterocycles. The smallest absolute Gasteiger partial charge is 0.270 e. The molecule has 4 aliphatic rings. The Morgan fingerprint density at radius 2 is 1.83 bits per heavy atom. The standard InChI is InChI=1S/C33H32N4O10/c1-13-18-9-10-19(35-16-8-7-15(11-16)14-5-4-6-17(12-14)37(46)47)26(38)21(18)27(39)22-20(13)28(40)24-25(36(2)3)29(41)23(32(34)44)31(43)33(24,45)30(22)42/h4-6,8-13,20,22-25,28,35,38,40,45H,7H2,1-3H3,(H2,34,44)/t13-,20+,22?,23?,24+,25-,28-,33-/m0/s1. The fraction of sp³-hybridized carbons (Fsp3) is 0.364. The van der Waals surface area contributed by atoms with Crippen LogP contribution in [0.2, 0.25) is 0 Å². The van der Waals surface area contributed by atoms with E-state index >= 15 is 0 Å². The highest BCUT2D eigenvalue weighted by Gasteiger charge is 2.72. The van der Waals surface area contributed by atoms with Crippen molar-refractivity contribution < 1.29 is 44.2 Å². The van der Waals surface area contributed by atoms with Crippen molar-refractivity contribution in [2.75, 3.05) is 19.4 Å². The Morgan fingerprint density at radius 1 is 1.13 bits per heavy atom. The zero-order valence-corrected chi connectivity index (χ0v) is 25.5. The van der Waals surface area contributed by atoms with Gasteiger partial charge < -0.3 is 26.4 Å². The number of carbonyl (C=O) groups is 5. The summed E-state index contributed by atoms with van der Waals surface area (Å²) in [5.41, 5.74) is 4.33. The Labute approximate surface area is 267 Å². The van der Waals surface area contributed by atoms with Crippen LogP contribution in [0.5, 0.6) is 5.75 Å². The maximum atomic E-state index is 14.2. The minimum Gasteiger partial charge on any atom is -0.505 e. The van der Waals surface area contributed by atoms with Crippen LogP contribution in [0.1, 0.15) is 40.7 Å². The number of likely N-dealkylation sites (N-methyl/N-ethyl adjacent to an activating group) is 1. The molecule has 1 amide bonds. The minimum absolute atomic E-state index is 0.0645. The first-order valence-corrected chi connectivity index (χ1v) is 14.9. The molecule has 6 rings (SSSR count). The number of nitro groups is 1. The predicted octanol–water partition coefficient (Wildman–Crippen LogP) is 1.09. The number of anilines is 1. The van der Waals surface area contributed by atoms with E-state index in [4.69, 9.17) is 5.73 Å². The van der Waals surface area contributed by atoms with Crippen LogP contribution in [0.25, 0.3) is 5.57 Å². The van der Waals surface area contributed by atoms with E-state index in [1.807, 2.05) is 0 Å². The van der Waals surface area contributed by atoms with E-state index in [0.717, 1.165) is 5.57 Å². The number of carbonyl (C=O) groups excluding carboxylic acids is 5. The summed E-state index contributed by atoms with van der Waals surface area (Å²) in [5, 5.41) is 49.2. The highest BCUT2D eigenvalue weighted by Crippen LogP contribution is 2.55. The van der Waals surface area contributed by atoms with E-state index < -0.39 is 87.0 Å². The number of aromatic hydroxyl groups is 1. The number of Topliss-reactive ketones (excluding diaryl/α,β-unsaturated/α-hetero) is 4. The molecule has 8 atom stereocenters. The van der Waals surface area contributed by atoms with E-state index in [0.29, 0.717) is 23.2 Å². The summed E-state index contributed by atoms with van der Waals surface area (Å²) in [5.74, 6) is -14.1. The lowest BCUT2D eigenvalue weighted by Gasteiger charge is -2.56. The molecule has 0 heterocycles. The van der Waals surface area contributed by atoms with E-state index in [1.165, 1.54) is 37.2 Å². The van der Waals surface area contributed by atoms with Gasteiger partial charge in [-0.25, -0.2) is 0 Å². The third-order valence-electron chi connectivity index (χ3n) is 10.1. The summed E-state index contributed by atoms with van der Waals surface area (Å²) in [7, 11) is 2.86. The van der Waals surface area contributed by atoms with Gasteiger partial charge in [-0.05, 0) is 55.3 Å². The van der Waals surface area contributed by atoms with E-state index in [9.17, 15) is 49.4 Å². The number of ketones is 4. The topological polar surface area (TPSA) is 230 Å². The van der Waals surface area contributed by atoms with Gasteiger partial charge in [0.1, 0.15) is 5.75 Å². The Bertz CT molecular complexity index is 1860. The third kappa shape index (κ3) is 4.54. The van der Waals surface area contributed by atoms with Gasteiger partial charge in [-0.1, -0.05) is 31.2 Å². The SMILES string of the molecule is C[C@H]1c2ccc(NC3=CCC(c4cccc([N+](=O)[O-])c4)=C3)c(O)c2C(=O)C2C(=O)[C@]3(O)C(=O)C(C(N)=O)C(=O)[C@@H](N(C)C)[C@@H]3[C@@H](O)[C@@H]21. The molecule has 2 fully saturated rings. The summed E-state index contributed by atoms with van der Waals surface area (Å²) in [6, 6.07) is 7.79.